The van der Waals surface area contributed by atoms with E-state index in [1.165, 1.54) is 0 Å². The third-order valence-corrected chi connectivity index (χ3v) is 4.17. The zero-order chi connectivity index (χ0) is 15.9. The topological polar surface area (TPSA) is 52.1 Å². The molecule has 4 nitrogen and oxygen atoms in total. The van der Waals surface area contributed by atoms with Crippen molar-refractivity contribution in [2.75, 3.05) is 0 Å². The van der Waals surface area contributed by atoms with Crippen molar-refractivity contribution in [1.29, 1.82) is 0 Å². The molecule has 0 bridgehead atoms. The van der Waals surface area contributed by atoms with Gasteiger partial charge in [-0.2, -0.15) is 0 Å². The maximum atomic E-state index is 5.58. The monoisotopic (exact) mass is 312 g/mol. The molecule has 0 radical (unpaired) electrons. The summed E-state index contributed by atoms with van der Waals surface area (Å²) in [5, 5.41) is 10.3. The fourth-order valence-electron chi connectivity index (χ4n) is 3.01. The average molecular weight is 312 g/mol. The van der Waals surface area contributed by atoms with Gasteiger partial charge in [-0.05, 0) is 12.1 Å². The normalized spacial score (nSPS) is 11.3. The summed E-state index contributed by atoms with van der Waals surface area (Å²) < 4.78 is 11.2. The van der Waals surface area contributed by atoms with Crippen LogP contribution in [0.15, 0.2) is 81.8 Å². The largest absolute Gasteiger partial charge is 0.351 e. The molecule has 0 spiro atoms. The lowest BCUT2D eigenvalue weighted by molar-refractivity contribution is 0.433. The molecule has 0 aliphatic heterocycles. The highest BCUT2D eigenvalue weighted by molar-refractivity contribution is 6.09. The van der Waals surface area contributed by atoms with Gasteiger partial charge in [-0.1, -0.05) is 71.0 Å². The number of benzene rings is 3. The van der Waals surface area contributed by atoms with E-state index in [0.29, 0.717) is 11.2 Å². The first kappa shape index (κ1) is 13.1. The maximum Gasteiger partial charge on any atom is 0.213 e. The van der Waals surface area contributed by atoms with Gasteiger partial charge in [0, 0.05) is 11.1 Å². The minimum Gasteiger partial charge on any atom is -0.351 e. The number of fused-ring (bicyclic) bond motifs is 3. The fraction of sp³-hybridized carbons (Fsp3) is 0. The van der Waals surface area contributed by atoms with Crippen molar-refractivity contribution >= 4 is 21.9 Å². The molecule has 114 valence electrons. The molecule has 5 aromatic rings. The molecular formula is C20H12N2O2. The van der Waals surface area contributed by atoms with Crippen LogP contribution in [0.4, 0.5) is 0 Å². The highest BCUT2D eigenvalue weighted by atomic mass is 16.5. The van der Waals surface area contributed by atoms with E-state index < -0.39 is 0 Å². The van der Waals surface area contributed by atoms with Crippen LogP contribution in [-0.4, -0.2) is 10.3 Å². The second-order valence-corrected chi connectivity index (χ2v) is 5.61. The first-order valence-corrected chi connectivity index (χ1v) is 7.70. The molecule has 0 aliphatic rings. The molecule has 0 amide bonds. The predicted molar refractivity (Wildman–Crippen MR) is 92.4 cm³/mol. The smallest absolute Gasteiger partial charge is 0.213 e. The Morgan fingerprint density at radius 2 is 0.917 bits per heavy atom. The van der Waals surface area contributed by atoms with E-state index >= 15 is 0 Å². The van der Waals surface area contributed by atoms with Crippen LogP contribution >= 0.6 is 0 Å². The van der Waals surface area contributed by atoms with E-state index in [4.69, 9.17) is 9.05 Å². The van der Waals surface area contributed by atoms with Gasteiger partial charge in [0.1, 0.15) is 11.4 Å². The van der Waals surface area contributed by atoms with Crippen LogP contribution in [0.5, 0.6) is 0 Å². The predicted octanol–water partition coefficient (Wildman–Crippen LogP) is 5.30. The van der Waals surface area contributed by atoms with Crippen molar-refractivity contribution in [3.05, 3.63) is 72.8 Å². The van der Waals surface area contributed by atoms with Crippen LogP contribution in [0.3, 0.4) is 0 Å². The maximum absolute atomic E-state index is 5.58. The zero-order valence-electron chi connectivity index (χ0n) is 12.6. The summed E-state index contributed by atoms with van der Waals surface area (Å²) in [6.45, 7) is 0. The molecule has 0 fully saturated rings. The van der Waals surface area contributed by atoms with E-state index in [-0.39, 0.29) is 0 Å². The molecule has 0 saturated carbocycles. The highest BCUT2D eigenvalue weighted by Gasteiger charge is 2.18. The molecule has 2 heterocycles. The van der Waals surface area contributed by atoms with Crippen molar-refractivity contribution in [1.82, 2.24) is 10.3 Å². The molecule has 0 saturated heterocycles. The van der Waals surface area contributed by atoms with Gasteiger partial charge >= 0.3 is 0 Å². The standard InChI is InChI=1S/C20H12N2O2/c1-3-7-13(8-4-1)17-15-11-12-16-18(14-9-5-2-6-10-14)22-24-20(16)19(15)23-21-17/h1-12H. The van der Waals surface area contributed by atoms with Gasteiger partial charge in [0.15, 0.2) is 0 Å². The second kappa shape index (κ2) is 5.06. The molecule has 0 N–H and O–H groups in total. The molecule has 5 rings (SSSR count). The zero-order valence-corrected chi connectivity index (χ0v) is 12.6. The van der Waals surface area contributed by atoms with Gasteiger partial charge < -0.3 is 9.05 Å². The van der Waals surface area contributed by atoms with Gasteiger partial charge in [0.05, 0.1) is 10.8 Å². The molecule has 4 heteroatoms. The third kappa shape index (κ3) is 1.86. The summed E-state index contributed by atoms with van der Waals surface area (Å²) in [4.78, 5) is 0. The summed E-state index contributed by atoms with van der Waals surface area (Å²) in [6.07, 6.45) is 0. The van der Waals surface area contributed by atoms with Crippen LogP contribution in [-0.2, 0) is 0 Å². The summed E-state index contributed by atoms with van der Waals surface area (Å²) in [6, 6.07) is 24.0. The molecule has 24 heavy (non-hydrogen) atoms. The number of aromatic nitrogens is 2. The van der Waals surface area contributed by atoms with Crippen LogP contribution in [0.1, 0.15) is 0 Å². The summed E-state index contributed by atoms with van der Waals surface area (Å²) in [5.74, 6) is 0. The van der Waals surface area contributed by atoms with Crippen LogP contribution in [0.25, 0.3) is 44.5 Å². The van der Waals surface area contributed by atoms with Crippen LogP contribution in [0, 0.1) is 0 Å². The van der Waals surface area contributed by atoms with Gasteiger partial charge in [0.25, 0.3) is 0 Å². The van der Waals surface area contributed by atoms with Crippen molar-refractivity contribution < 1.29 is 9.05 Å². The average Bonchev–Trinajstić information content (AvgIpc) is 3.27. The molecule has 3 aromatic carbocycles. The number of hydrogen-bond donors (Lipinski definition) is 0. The molecule has 0 unspecified atom stereocenters. The Morgan fingerprint density at radius 1 is 0.500 bits per heavy atom. The van der Waals surface area contributed by atoms with Gasteiger partial charge in [-0.15, -0.1) is 0 Å². The Labute approximate surface area is 137 Å². The van der Waals surface area contributed by atoms with E-state index in [1.54, 1.807) is 0 Å². The van der Waals surface area contributed by atoms with E-state index in [1.807, 2.05) is 72.8 Å². The van der Waals surface area contributed by atoms with Crippen LogP contribution < -0.4 is 0 Å². The molecule has 0 aliphatic carbocycles. The molecule has 2 aromatic heterocycles. The Kier molecular flexibility index (Phi) is 2.76. The van der Waals surface area contributed by atoms with Crippen LogP contribution in [0.2, 0.25) is 0 Å². The molecule has 0 atom stereocenters. The highest BCUT2D eigenvalue weighted by Crippen LogP contribution is 2.36. The minimum atomic E-state index is 0.626. The van der Waals surface area contributed by atoms with E-state index in [0.717, 1.165) is 33.3 Å². The first-order chi connectivity index (χ1) is 11.9. The summed E-state index contributed by atoms with van der Waals surface area (Å²) in [7, 11) is 0. The van der Waals surface area contributed by atoms with E-state index in [9.17, 15) is 0 Å². The summed E-state index contributed by atoms with van der Waals surface area (Å²) in [5.41, 5.74) is 4.90. The lowest BCUT2D eigenvalue weighted by Gasteiger charge is -1.97. The Hall–Kier alpha value is -3.40. The Morgan fingerprint density at radius 3 is 1.33 bits per heavy atom. The Balaban J connectivity index is 1.76. The second-order valence-electron chi connectivity index (χ2n) is 5.61. The van der Waals surface area contributed by atoms with Crippen molar-refractivity contribution in [2.24, 2.45) is 0 Å². The van der Waals surface area contributed by atoms with Crippen molar-refractivity contribution in [3.8, 4) is 22.5 Å². The van der Waals surface area contributed by atoms with Crippen molar-refractivity contribution in [2.45, 2.75) is 0 Å². The van der Waals surface area contributed by atoms with E-state index in [2.05, 4.69) is 10.3 Å². The minimum absolute atomic E-state index is 0.626. The van der Waals surface area contributed by atoms with Crippen molar-refractivity contribution in [3.63, 3.8) is 0 Å². The first-order valence-electron chi connectivity index (χ1n) is 7.70. The van der Waals surface area contributed by atoms with Gasteiger partial charge in [-0.25, -0.2) is 0 Å². The quantitative estimate of drug-likeness (QED) is 0.443. The number of nitrogens with zero attached hydrogens (tertiary/aromatic N) is 2. The van der Waals surface area contributed by atoms with Gasteiger partial charge in [-0.3, -0.25) is 0 Å². The lowest BCUT2D eigenvalue weighted by atomic mass is 10.0. The number of hydrogen-bond acceptors (Lipinski definition) is 4. The third-order valence-electron chi connectivity index (χ3n) is 4.17. The molecular weight excluding hydrogens is 300 g/mol. The number of rotatable bonds is 2. The van der Waals surface area contributed by atoms with Gasteiger partial charge in [0.2, 0.25) is 11.2 Å². The summed E-state index contributed by atoms with van der Waals surface area (Å²) >= 11 is 0. The fourth-order valence-corrected chi connectivity index (χ4v) is 3.01. The SMILES string of the molecule is c1ccc(-c2noc3c2ccc2c(-c4ccccc4)noc23)cc1. The Bertz CT molecular complexity index is 1050. The lowest BCUT2D eigenvalue weighted by Crippen LogP contribution is -1.78.